The number of carboxylic acid groups (broad SMARTS) is 1. The highest BCUT2D eigenvalue weighted by atomic mass is 32.2. The second-order valence-corrected chi connectivity index (χ2v) is 13.5. The molecular formula is C30H42N6O8S2. The summed E-state index contributed by atoms with van der Waals surface area (Å²) in [5.74, 6) is -4.83. The van der Waals surface area contributed by atoms with Crippen molar-refractivity contribution in [2.75, 3.05) is 17.8 Å². The molecule has 0 saturated heterocycles. The van der Waals surface area contributed by atoms with Crippen molar-refractivity contribution >= 4 is 69.9 Å². The maximum atomic E-state index is 13.8. The number of nitrogens with one attached hydrogen (secondary N) is 6. The number of aromatic nitrogens is 1. The van der Waals surface area contributed by atoms with E-state index in [9.17, 15) is 39.0 Å². The predicted molar refractivity (Wildman–Crippen MR) is 175 cm³/mol. The van der Waals surface area contributed by atoms with Crippen molar-refractivity contribution in [3.05, 3.63) is 29.8 Å². The normalized spacial score (nSPS) is 24.5. The SMILES string of the molecule is CSCC(=O)N[C@H]1Cc2c([nH]c3ccccc23)SC[C@@H](C(=O)O)NC(=O)[C@H]([C@@H](C)O)NC(=O)[C@@H](C)NC(=O)[C@H](CC(C)C)NC1=O. The third kappa shape index (κ3) is 9.87. The Morgan fingerprint density at radius 1 is 1.00 bits per heavy atom. The summed E-state index contributed by atoms with van der Waals surface area (Å²) in [5, 5.41) is 34.3. The van der Waals surface area contributed by atoms with Crippen LogP contribution in [0, 0.1) is 5.92 Å². The maximum absolute atomic E-state index is 13.8. The van der Waals surface area contributed by atoms with E-state index in [1.807, 2.05) is 38.1 Å². The molecule has 3 rings (SSSR count). The predicted octanol–water partition coefficient (Wildman–Crippen LogP) is 0.135. The fourth-order valence-electron chi connectivity index (χ4n) is 4.92. The molecule has 1 aromatic carbocycles. The molecule has 0 bridgehead atoms. The van der Waals surface area contributed by atoms with E-state index in [1.165, 1.54) is 25.6 Å². The molecule has 2 aromatic rings. The summed E-state index contributed by atoms with van der Waals surface area (Å²) in [4.78, 5) is 81.6. The van der Waals surface area contributed by atoms with Crippen molar-refractivity contribution in [3.63, 3.8) is 0 Å². The fraction of sp³-hybridized carbons (Fsp3) is 0.533. The van der Waals surface area contributed by atoms with Crippen molar-refractivity contribution in [1.29, 1.82) is 0 Å². The molecule has 14 nitrogen and oxygen atoms in total. The summed E-state index contributed by atoms with van der Waals surface area (Å²) in [6, 6.07) is 0.958. The number of rotatable bonds is 7. The molecule has 0 radical (unpaired) electrons. The molecule has 0 spiro atoms. The number of aliphatic hydroxyl groups excluding tert-OH is 1. The van der Waals surface area contributed by atoms with Crippen LogP contribution in [0.5, 0.6) is 0 Å². The zero-order valence-electron chi connectivity index (χ0n) is 26.3. The average molecular weight is 679 g/mol. The molecule has 5 amide bonds. The summed E-state index contributed by atoms with van der Waals surface area (Å²) in [6.45, 7) is 6.37. The van der Waals surface area contributed by atoms with E-state index in [0.29, 0.717) is 16.1 Å². The zero-order valence-corrected chi connectivity index (χ0v) is 28.0. The van der Waals surface area contributed by atoms with Crippen LogP contribution < -0.4 is 26.6 Å². The molecule has 8 N–H and O–H groups in total. The lowest BCUT2D eigenvalue weighted by Crippen LogP contribution is -2.60. The van der Waals surface area contributed by atoms with Gasteiger partial charge in [0.1, 0.15) is 30.2 Å². The molecule has 0 fully saturated rings. The van der Waals surface area contributed by atoms with Gasteiger partial charge in [-0.05, 0) is 44.1 Å². The molecule has 252 valence electrons. The largest absolute Gasteiger partial charge is 0.480 e. The number of hydrogen-bond acceptors (Lipinski definition) is 9. The molecule has 0 unspecified atom stereocenters. The first-order chi connectivity index (χ1) is 21.7. The van der Waals surface area contributed by atoms with Gasteiger partial charge in [-0.3, -0.25) is 24.0 Å². The van der Waals surface area contributed by atoms with Gasteiger partial charge in [-0.1, -0.05) is 32.0 Å². The lowest BCUT2D eigenvalue weighted by Gasteiger charge is -2.27. The van der Waals surface area contributed by atoms with Gasteiger partial charge < -0.3 is 41.8 Å². The average Bonchev–Trinajstić information content (AvgIpc) is 3.32. The molecule has 1 aliphatic rings. The zero-order chi connectivity index (χ0) is 34.1. The van der Waals surface area contributed by atoms with E-state index in [-0.39, 0.29) is 36.2 Å². The van der Waals surface area contributed by atoms with E-state index < -0.39 is 65.9 Å². The molecule has 1 aliphatic heterocycles. The summed E-state index contributed by atoms with van der Waals surface area (Å²) < 4.78 is 0. The van der Waals surface area contributed by atoms with Crippen molar-refractivity contribution in [2.45, 2.75) is 81.9 Å². The smallest absolute Gasteiger partial charge is 0.327 e. The van der Waals surface area contributed by atoms with Crippen LogP contribution >= 0.6 is 23.5 Å². The Morgan fingerprint density at radius 2 is 1.70 bits per heavy atom. The van der Waals surface area contributed by atoms with Gasteiger partial charge in [-0.15, -0.1) is 11.8 Å². The van der Waals surface area contributed by atoms with Gasteiger partial charge in [0.2, 0.25) is 29.5 Å². The number of fused-ring (bicyclic) bond motifs is 3. The van der Waals surface area contributed by atoms with Gasteiger partial charge in [0.05, 0.1) is 16.9 Å². The molecule has 0 saturated carbocycles. The van der Waals surface area contributed by atoms with Crippen LogP contribution in [0.3, 0.4) is 0 Å². The molecular weight excluding hydrogens is 636 g/mol. The van der Waals surface area contributed by atoms with Gasteiger partial charge in [0.25, 0.3) is 0 Å². The summed E-state index contributed by atoms with van der Waals surface area (Å²) >= 11 is 2.37. The minimum atomic E-state index is -1.52. The number of para-hydroxylation sites is 1. The number of aromatic amines is 1. The Balaban J connectivity index is 2.12. The van der Waals surface area contributed by atoms with Crippen LogP contribution in [-0.2, 0) is 35.2 Å². The number of aliphatic carboxylic acids is 1. The van der Waals surface area contributed by atoms with Gasteiger partial charge in [-0.2, -0.15) is 11.8 Å². The van der Waals surface area contributed by atoms with Gasteiger partial charge in [-0.25, -0.2) is 4.79 Å². The summed E-state index contributed by atoms with van der Waals surface area (Å²) in [6.07, 6.45) is 0.577. The lowest BCUT2D eigenvalue weighted by molar-refractivity contribution is -0.142. The summed E-state index contributed by atoms with van der Waals surface area (Å²) in [7, 11) is 0. The van der Waals surface area contributed by atoms with Crippen LogP contribution in [0.1, 0.15) is 39.7 Å². The van der Waals surface area contributed by atoms with E-state index in [4.69, 9.17) is 0 Å². The fourth-order valence-corrected chi connectivity index (χ4v) is 6.38. The monoisotopic (exact) mass is 678 g/mol. The third-order valence-electron chi connectivity index (χ3n) is 7.27. The quantitative estimate of drug-likeness (QED) is 0.198. The van der Waals surface area contributed by atoms with Crippen LogP contribution in [-0.4, -0.2) is 105 Å². The Hall–Kier alpha value is -3.76. The van der Waals surface area contributed by atoms with Crippen LogP contribution in [0.25, 0.3) is 10.9 Å². The van der Waals surface area contributed by atoms with E-state index in [1.54, 1.807) is 6.26 Å². The highest BCUT2D eigenvalue weighted by Crippen LogP contribution is 2.31. The van der Waals surface area contributed by atoms with Crippen molar-refractivity contribution in [3.8, 4) is 0 Å². The maximum Gasteiger partial charge on any atom is 0.327 e. The third-order valence-corrected chi connectivity index (χ3v) is 8.96. The Morgan fingerprint density at radius 3 is 2.33 bits per heavy atom. The number of aliphatic hydroxyl groups is 1. The standard InChI is InChI=1S/C30H42N6O8S2/c1-14(2)10-20-26(40)31-15(3)25(39)36-24(16(4)37)28(42)34-22(30(43)44)12-46-29-18(17-8-6-7-9-19(17)35-29)11-21(27(41)33-20)32-23(38)13-45-5/h6-9,14-16,20-22,24,35,37H,10-13H2,1-5H3,(H,31,40)(H,32,38)(H,33,41)(H,34,42)(H,36,39)(H,43,44)/t15-,16-,20+,21+,22+,24+/m1/s1. The highest BCUT2D eigenvalue weighted by Gasteiger charge is 2.34. The Labute approximate surface area is 275 Å². The molecule has 1 aromatic heterocycles. The molecule has 0 aliphatic carbocycles. The van der Waals surface area contributed by atoms with Crippen molar-refractivity contribution in [1.82, 2.24) is 31.6 Å². The molecule has 6 atom stereocenters. The second kappa shape index (κ2) is 16.7. The number of carboxylic acids is 1. The van der Waals surface area contributed by atoms with Crippen LogP contribution in [0.4, 0.5) is 0 Å². The number of H-pyrrole nitrogens is 1. The van der Waals surface area contributed by atoms with Crippen LogP contribution in [0.15, 0.2) is 29.3 Å². The minimum Gasteiger partial charge on any atom is -0.480 e. The molecule has 16 heteroatoms. The number of thioether (sulfide) groups is 2. The van der Waals surface area contributed by atoms with Crippen molar-refractivity contribution in [2.24, 2.45) is 5.92 Å². The first kappa shape index (κ1) is 36.7. The van der Waals surface area contributed by atoms with Gasteiger partial charge >= 0.3 is 5.97 Å². The minimum absolute atomic E-state index is 0.00132. The van der Waals surface area contributed by atoms with Crippen LogP contribution in [0.2, 0.25) is 0 Å². The summed E-state index contributed by atoms with van der Waals surface area (Å²) in [5.41, 5.74) is 1.34. The Kier molecular flexibility index (Phi) is 13.3. The second-order valence-electron chi connectivity index (χ2n) is 11.6. The first-order valence-corrected chi connectivity index (χ1v) is 17.2. The number of benzene rings is 1. The van der Waals surface area contributed by atoms with Crippen molar-refractivity contribution < 1.29 is 39.0 Å². The topological polar surface area (TPSA) is 219 Å². The van der Waals surface area contributed by atoms with Gasteiger partial charge in [0.15, 0.2) is 0 Å². The van der Waals surface area contributed by atoms with E-state index in [2.05, 4.69) is 31.6 Å². The van der Waals surface area contributed by atoms with E-state index in [0.717, 1.165) is 17.1 Å². The number of amides is 5. The first-order valence-electron chi connectivity index (χ1n) is 14.8. The molecule has 2 heterocycles. The number of carbonyl (C=O) groups is 6. The van der Waals surface area contributed by atoms with Gasteiger partial charge in [0, 0.05) is 23.1 Å². The Bertz CT molecular complexity index is 1450. The molecule has 46 heavy (non-hydrogen) atoms. The highest BCUT2D eigenvalue weighted by molar-refractivity contribution is 7.99. The number of carbonyl (C=O) groups excluding carboxylic acids is 5. The van der Waals surface area contributed by atoms with E-state index >= 15 is 0 Å². The lowest BCUT2D eigenvalue weighted by atomic mass is 10.0. The number of hydrogen-bond donors (Lipinski definition) is 8.